The summed E-state index contributed by atoms with van der Waals surface area (Å²) in [6.07, 6.45) is 2.76. The van der Waals surface area contributed by atoms with Crippen molar-refractivity contribution in [2.45, 2.75) is 38.3 Å². The van der Waals surface area contributed by atoms with Crippen molar-refractivity contribution in [1.29, 1.82) is 0 Å². The second-order valence-corrected chi connectivity index (χ2v) is 6.52. The van der Waals surface area contributed by atoms with Crippen LogP contribution in [-0.2, 0) is 16.6 Å². The molecule has 1 unspecified atom stereocenters. The van der Waals surface area contributed by atoms with Gasteiger partial charge in [-0.1, -0.05) is 5.16 Å². The Kier molecular flexibility index (Phi) is 4.45. The summed E-state index contributed by atoms with van der Waals surface area (Å²) in [6.45, 7) is 6.13. The van der Waals surface area contributed by atoms with Gasteiger partial charge < -0.3 is 10.3 Å². The molecule has 1 atom stereocenters. The zero-order valence-corrected chi connectivity index (χ0v) is 13.0. The minimum Gasteiger partial charge on any atom is -0.361 e. The average Bonchev–Trinajstić information content (AvgIpc) is 2.97. The smallest absolute Gasteiger partial charge is 0.244 e. The van der Waals surface area contributed by atoms with E-state index in [9.17, 15) is 8.42 Å². The number of rotatable bonds is 6. The molecular formula is C12H19N5O3S. The van der Waals surface area contributed by atoms with E-state index >= 15 is 0 Å². The molecule has 0 saturated carbocycles. The van der Waals surface area contributed by atoms with E-state index in [1.54, 1.807) is 20.8 Å². The molecule has 0 radical (unpaired) electrons. The van der Waals surface area contributed by atoms with Gasteiger partial charge in [-0.2, -0.15) is 5.10 Å². The number of nitrogens with zero attached hydrogens (tertiary/aromatic N) is 3. The molecule has 0 aliphatic carbocycles. The number of hydrogen-bond donors (Lipinski definition) is 2. The third-order valence-electron chi connectivity index (χ3n) is 3.13. The Bertz CT molecular complexity index is 700. The fourth-order valence-electron chi connectivity index (χ4n) is 2.21. The SMILES string of the molecule is Cc1noc(C)c1C(C)NS(=O)(=O)c1cnn(CCN)c1. The summed E-state index contributed by atoms with van der Waals surface area (Å²) >= 11 is 0. The molecule has 0 amide bonds. The van der Waals surface area contributed by atoms with E-state index < -0.39 is 16.1 Å². The first-order chi connectivity index (χ1) is 9.85. The molecule has 0 spiro atoms. The van der Waals surface area contributed by atoms with Crippen molar-refractivity contribution in [3.63, 3.8) is 0 Å². The van der Waals surface area contributed by atoms with Crippen LogP contribution in [0.25, 0.3) is 0 Å². The molecule has 9 heteroatoms. The van der Waals surface area contributed by atoms with Gasteiger partial charge in [0.05, 0.1) is 18.4 Å². The molecule has 2 aromatic heterocycles. The van der Waals surface area contributed by atoms with E-state index in [4.69, 9.17) is 10.3 Å². The molecule has 116 valence electrons. The zero-order chi connectivity index (χ0) is 15.6. The summed E-state index contributed by atoms with van der Waals surface area (Å²) < 4.78 is 33.8. The van der Waals surface area contributed by atoms with E-state index in [1.165, 1.54) is 17.1 Å². The first-order valence-corrected chi connectivity index (χ1v) is 8.01. The number of nitrogens with two attached hydrogens (primary N) is 1. The quantitative estimate of drug-likeness (QED) is 0.801. The summed E-state index contributed by atoms with van der Waals surface area (Å²) in [5.41, 5.74) is 6.83. The zero-order valence-electron chi connectivity index (χ0n) is 12.2. The second-order valence-electron chi connectivity index (χ2n) is 4.81. The molecule has 0 aliphatic heterocycles. The Hall–Kier alpha value is -1.71. The van der Waals surface area contributed by atoms with Gasteiger partial charge >= 0.3 is 0 Å². The van der Waals surface area contributed by atoms with Gasteiger partial charge in [0, 0.05) is 24.3 Å². The fraction of sp³-hybridized carbons (Fsp3) is 0.500. The van der Waals surface area contributed by atoms with Crippen LogP contribution in [0.2, 0.25) is 0 Å². The van der Waals surface area contributed by atoms with Gasteiger partial charge in [-0.15, -0.1) is 0 Å². The van der Waals surface area contributed by atoms with Gasteiger partial charge in [0.25, 0.3) is 0 Å². The van der Waals surface area contributed by atoms with Crippen molar-refractivity contribution in [3.05, 3.63) is 29.4 Å². The Morgan fingerprint density at radius 1 is 1.48 bits per heavy atom. The maximum atomic E-state index is 12.3. The van der Waals surface area contributed by atoms with Crippen LogP contribution in [0.4, 0.5) is 0 Å². The summed E-state index contributed by atoms with van der Waals surface area (Å²) in [4.78, 5) is 0.106. The molecule has 2 rings (SSSR count). The van der Waals surface area contributed by atoms with E-state index in [1.807, 2.05) is 0 Å². The fourth-order valence-corrected chi connectivity index (χ4v) is 3.37. The number of hydrogen-bond acceptors (Lipinski definition) is 6. The van der Waals surface area contributed by atoms with Crippen molar-refractivity contribution in [2.24, 2.45) is 5.73 Å². The van der Waals surface area contributed by atoms with Crippen LogP contribution in [0.1, 0.15) is 30.0 Å². The Morgan fingerprint density at radius 2 is 2.19 bits per heavy atom. The summed E-state index contributed by atoms with van der Waals surface area (Å²) in [6, 6.07) is -0.445. The minimum absolute atomic E-state index is 0.106. The van der Waals surface area contributed by atoms with Crippen molar-refractivity contribution >= 4 is 10.0 Å². The summed E-state index contributed by atoms with van der Waals surface area (Å²) in [5, 5.41) is 7.79. The average molecular weight is 313 g/mol. The molecular weight excluding hydrogens is 294 g/mol. The van der Waals surface area contributed by atoms with Gasteiger partial charge in [0.2, 0.25) is 10.0 Å². The van der Waals surface area contributed by atoms with Gasteiger partial charge in [0.1, 0.15) is 10.7 Å². The predicted molar refractivity (Wildman–Crippen MR) is 76.0 cm³/mol. The highest BCUT2D eigenvalue weighted by Gasteiger charge is 2.24. The van der Waals surface area contributed by atoms with Gasteiger partial charge in [-0.05, 0) is 20.8 Å². The predicted octanol–water partition coefficient (Wildman–Crippen LogP) is 0.486. The van der Waals surface area contributed by atoms with E-state index in [0.29, 0.717) is 24.5 Å². The normalized spacial score (nSPS) is 13.5. The molecule has 8 nitrogen and oxygen atoms in total. The molecule has 21 heavy (non-hydrogen) atoms. The Labute approximate surface area is 123 Å². The standard InChI is InChI=1S/C12H19N5O3S/c1-8-12(10(3)20-15-8)9(2)16-21(18,19)11-6-14-17(7-11)5-4-13/h6-7,9,16H,4-5,13H2,1-3H3. The lowest BCUT2D eigenvalue weighted by molar-refractivity contribution is 0.391. The molecule has 0 bridgehead atoms. The Morgan fingerprint density at radius 3 is 2.76 bits per heavy atom. The lowest BCUT2D eigenvalue weighted by atomic mass is 10.1. The highest BCUT2D eigenvalue weighted by molar-refractivity contribution is 7.89. The van der Waals surface area contributed by atoms with Crippen LogP contribution < -0.4 is 10.5 Å². The third kappa shape index (κ3) is 3.31. The summed E-state index contributed by atoms with van der Waals surface area (Å²) in [7, 11) is -3.66. The van der Waals surface area contributed by atoms with E-state index in [-0.39, 0.29) is 4.90 Å². The van der Waals surface area contributed by atoms with Crippen molar-refractivity contribution in [2.75, 3.05) is 6.54 Å². The number of sulfonamides is 1. The molecule has 0 aromatic carbocycles. The topological polar surface area (TPSA) is 116 Å². The van der Waals surface area contributed by atoms with E-state index in [0.717, 1.165) is 5.56 Å². The molecule has 0 aliphatic rings. The maximum Gasteiger partial charge on any atom is 0.244 e. The van der Waals surface area contributed by atoms with Crippen molar-refractivity contribution < 1.29 is 12.9 Å². The maximum absolute atomic E-state index is 12.3. The van der Waals surface area contributed by atoms with Crippen LogP contribution >= 0.6 is 0 Å². The molecule has 3 N–H and O–H groups in total. The molecule has 2 heterocycles. The van der Waals surface area contributed by atoms with Crippen LogP contribution in [0.5, 0.6) is 0 Å². The van der Waals surface area contributed by atoms with Crippen molar-refractivity contribution in [3.8, 4) is 0 Å². The summed E-state index contributed by atoms with van der Waals surface area (Å²) in [5.74, 6) is 0.599. The van der Waals surface area contributed by atoms with Gasteiger partial charge in [-0.25, -0.2) is 13.1 Å². The van der Waals surface area contributed by atoms with Crippen LogP contribution in [0.15, 0.2) is 21.8 Å². The minimum atomic E-state index is -3.66. The van der Waals surface area contributed by atoms with E-state index in [2.05, 4.69) is 15.0 Å². The highest BCUT2D eigenvalue weighted by atomic mass is 32.2. The van der Waals surface area contributed by atoms with Crippen LogP contribution in [0.3, 0.4) is 0 Å². The second kappa shape index (κ2) is 5.96. The van der Waals surface area contributed by atoms with Crippen LogP contribution in [0, 0.1) is 13.8 Å². The largest absolute Gasteiger partial charge is 0.361 e. The number of nitrogens with one attached hydrogen (secondary N) is 1. The first-order valence-electron chi connectivity index (χ1n) is 6.52. The van der Waals surface area contributed by atoms with Crippen molar-refractivity contribution in [1.82, 2.24) is 19.7 Å². The van der Waals surface area contributed by atoms with Gasteiger partial charge in [0.15, 0.2) is 0 Å². The number of aryl methyl sites for hydroxylation is 2. The number of aromatic nitrogens is 3. The Balaban J connectivity index is 2.20. The molecule has 0 saturated heterocycles. The third-order valence-corrected chi connectivity index (χ3v) is 4.63. The van der Waals surface area contributed by atoms with Crippen LogP contribution in [-0.4, -0.2) is 29.9 Å². The van der Waals surface area contributed by atoms with Gasteiger partial charge in [-0.3, -0.25) is 4.68 Å². The molecule has 0 fully saturated rings. The lowest BCUT2D eigenvalue weighted by Gasteiger charge is -2.13. The lowest BCUT2D eigenvalue weighted by Crippen LogP contribution is -2.27. The monoisotopic (exact) mass is 313 g/mol. The first kappa shape index (κ1) is 15.7. The highest BCUT2D eigenvalue weighted by Crippen LogP contribution is 2.22. The molecule has 2 aromatic rings.